The van der Waals surface area contributed by atoms with Crippen molar-refractivity contribution in [3.05, 3.63) is 199 Å². The molecule has 0 aromatic heterocycles. The van der Waals surface area contributed by atoms with Gasteiger partial charge in [0.05, 0.1) is 5.54 Å². The Labute approximate surface area is 411 Å². The van der Waals surface area contributed by atoms with Crippen LogP contribution in [0.25, 0.3) is 22.3 Å². The van der Waals surface area contributed by atoms with Crippen molar-refractivity contribution in [1.82, 2.24) is 0 Å². The third-order valence-corrected chi connectivity index (χ3v) is 16.7. The molecule has 0 N–H and O–H groups in total. The van der Waals surface area contributed by atoms with Gasteiger partial charge in [-0.1, -0.05) is 195 Å². The van der Waals surface area contributed by atoms with Crippen LogP contribution >= 0.6 is 0 Å². The minimum absolute atomic E-state index is 0.00639. The van der Waals surface area contributed by atoms with Gasteiger partial charge in [-0.25, -0.2) is 0 Å². The van der Waals surface area contributed by atoms with Crippen LogP contribution < -0.4 is 31.1 Å². The molecule has 69 heavy (non-hydrogen) atoms. The highest BCUT2D eigenvalue weighted by Gasteiger charge is 2.57. The van der Waals surface area contributed by atoms with Gasteiger partial charge >= 0.3 is 0 Å². The molecule has 0 spiro atoms. The molecule has 0 radical (unpaired) electrons. The van der Waals surface area contributed by atoms with Gasteiger partial charge in [0.25, 0.3) is 6.71 Å². The van der Waals surface area contributed by atoms with Crippen LogP contribution in [0.1, 0.15) is 104 Å². The van der Waals surface area contributed by atoms with Crippen molar-refractivity contribution >= 4 is 68.6 Å². The first-order valence-electron chi connectivity index (χ1n) is 25.5. The van der Waals surface area contributed by atoms with E-state index in [-0.39, 0.29) is 28.5 Å². The zero-order valence-electron chi connectivity index (χ0n) is 41.8. The average Bonchev–Trinajstić information content (AvgIpc) is 3.42. The van der Waals surface area contributed by atoms with E-state index in [1.165, 1.54) is 121 Å². The smallest absolute Gasteiger partial charge is 0.252 e. The lowest BCUT2D eigenvalue weighted by atomic mass is 9.33. The fraction of sp³-hybridized carbons (Fsp3) is 0.262. The number of rotatable bonds is 5. The topological polar surface area (TPSA) is 9.72 Å². The van der Waals surface area contributed by atoms with E-state index < -0.39 is 0 Å². The standard InChI is InChI=1S/C65H64BN3/c1-62(2,3)48-27-21-29-51(40-48)68-58-41-49(63(4,5)6)33-35-55(58)66-54-34-32-47(45-24-14-10-15-25-45)39-57(54)67(50-28-20-26-46(38-50)44-22-12-9-13-23-44)59-42-52(43-60(68)61(59)66)69-56-31-17-16-30-53(56)64(7)36-18-11-19-37-65(64,69)8/h9-10,12-17,20-35,38-43H,11,18-19,36-37H2,1-8H3. The molecule has 3 nitrogen and oxygen atoms in total. The van der Waals surface area contributed by atoms with Crippen LogP contribution in [0.4, 0.5) is 45.5 Å². The summed E-state index contributed by atoms with van der Waals surface area (Å²) in [6.07, 6.45) is 6.06. The molecule has 342 valence electrons. The average molecular weight is 898 g/mol. The quantitative estimate of drug-likeness (QED) is 0.159. The number of fused-ring (bicyclic) bond motifs is 7. The van der Waals surface area contributed by atoms with Crippen LogP contribution in [-0.4, -0.2) is 12.3 Å². The number of nitrogens with zero attached hydrogens (tertiary/aromatic N) is 3. The van der Waals surface area contributed by atoms with E-state index in [1.807, 2.05) is 0 Å². The predicted molar refractivity (Wildman–Crippen MR) is 296 cm³/mol. The minimum atomic E-state index is -0.137. The van der Waals surface area contributed by atoms with E-state index in [0.29, 0.717) is 0 Å². The summed E-state index contributed by atoms with van der Waals surface area (Å²) in [4.78, 5) is 8.08. The maximum atomic E-state index is 2.80. The number of hydrogen-bond donors (Lipinski definition) is 0. The summed E-state index contributed by atoms with van der Waals surface area (Å²) in [7, 11) is 0. The summed E-state index contributed by atoms with van der Waals surface area (Å²) >= 11 is 0. The van der Waals surface area contributed by atoms with Crippen LogP contribution in [0.2, 0.25) is 0 Å². The van der Waals surface area contributed by atoms with Crippen molar-refractivity contribution in [2.24, 2.45) is 0 Å². The lowest BCUT2D eigenvalue weighted by Crippen LogP contribution is -2.61. The first-order chi connectivity index (χ1) is 33.2. The lowest BCUT2D eigenvalue weighted by molar-refractivity contribution is 0.261. The Morgan fingerprint density at radius 2 is 0.942 bits per heavy atom. The Hall–Kier alpha value is -6.78. The van der Waals surface area contributed by atoms with Crippen molar-refractivity contribution in [3.8, 4) is 22.3 Å². The Bertz CT molecular complexity index is 3290. The first kappa shape index (κ1) is 43.5. The molecule has 0 amide bonds. The van der Waals surface area contributed by atoms with Crippen LogP contribution in [0, 0.1) is 0 Å². The second kappa shape index (κ2) is 15.9. The van der Waals surface area contributed by atoms with Crippen molar-refractivity contribution in [2.45, 2.75) is 109 Å². The molecule has 3 heterocycles. The second-order valence-corrected chi connectivity index (χ2v) is 22.9. The van der Waals surface area contributed by atoms with Crippen LogP contribution in [0.3, 0.4) is 0 Å². The Morgan fingerprint density at radius 3 is 1.61 bits per heavy atom. The fourth-order valence-electron chi connectivity index (χ4n) is 12.8. The SMILES string of the molecule is CC(C)(C)c1cccc(N2c3cc(C(C)(C)C)ccc3B3c4ccc(-c5ccccc5)cc4N(c4cccc(-c5ccccc5)c4)c4cc(N5c6ccccc6C6(C)CCCCCC56C)cc2c43)c1. The van der Waals surface area contributed by atoms with E-state index in [2.05, 4.69) is 252 Å². The summed E-state index contributed by atoms with van der Waals surface area (Å²) < 4.78 is 0. The van der Waals surface area contributed by atoms with E-state index >= 15 is 0 Å². The molecule has 8 aromatic carbocycles. The van der Waals surface area contributed by atoms with Crippen LogP contribution in [0.5, 0.6) is 0 Å². The molecule has 0 bridgehead atoms. The molecule has 8 aromatic rings. The number of anilines is 8. The molecule has 2 atom stereocenters. The lowest BCUT2D eigenvalue weighted by Gasteiger charge is -2.48. The van der Waals surface area contributed by atoms with Gasteiger partial charge in [0.1, 0.15) is 0 Å². The van der Waals surface area contributed by atoms with Crippen molar-refractivity contribution in [2.75, 3.05) is 14.7 Å². The number of para-hydroxylation sites is 1. The molecule has 1 aliphatic carbocycles. The third-order valence-electron chi connectivity index (χ3n) is 16.7. The molecule has 3 aliphatic heterocycles. The van der Waals surface area contributed by atoms with E-state index in [1.54, 1.807) is 0 Å². The summed E-state index contributed by atoms with van der Waals surface area (Å²) in [5.41, 5.74) is 22.7. The molecule has 12 rings (SSSR count). The number of benzene rings is 8. The van der Waals surface area contributed by atoms with Crippen LogP contribution in [-0.2, 0) is 16.2 Å². The monoisotopic (exact) mass is 898 g/mol. The van der Waals surface area contributed by atoms with Gasteiger partial charge in [-0.15, -0.1) is 0 Å². The Balaban J connectivity index is 1.22. The highest BCUT2D eigenvalue weighted by molar-refractivity contribution is 7.00. The molecular weight excluding hydrogens is 834 g/mol. The summed E-state index contributed by atoms with van der Waals surface area (Å²) in [5.74, 6) is 0. The summed E-state index contributed by atoms with van der Waals surface area (Å²) in [6, 6.07) is 69.7. The molecular formula is C65H64BN3. The van der Waals surface area contributed by atoms with E-state index in [9.17, 15) is 0 Å². The highest BCUT2D eigenvalue weighted by Crippen LogP contribution is 2.61. The van der Waals surface area contributed by atoms with Gasteiger partial charge in [0.2, 0.25) is 0 Å². The van der Waals surface area contributed by atoms with Gasteiger partial charge in [-0.3, -0.25) is 0 Å². The van der Waals surface area contributed by atoms with Crippen LogP contribution in [0.15, 0.2) is 182 Å². The van der Waals surface area contributed by atoms with Crippen molar-refractivity contribution in [1.29, 1.82) is 0 Å². The first-order valence-corrected chi connectivity index (χ1v) is 25.5. The predicted octanol–water partition coefficient (Wildman–Crippen LogP) is 15.8. The van der Waals surface area contributed by atoms with Crippen molar-refractivity contribution in [3.63, 3.8) is 0 Å². The second-order valence-electron chi connectivity index (χ2n) is 22.9. The zero-order valence-corrected chi connectivity index (χ0v) is 41.8. The summed E-state index contributed by atoms with van der Waals surface area (Å²) in [5, 5.41) is 0. The molecule has 2 unspecified atom stereocenters. The third kappa shape index (κ3) is 6.84. The van der Waals surface area contributed by atoms with E-state index in [0.717, 1.165) is 12.1 Å². The normalized spacial score (nSPS) is 19.3. The highest BCUT2D eigenvalue weighted by atomic mass is 15.3. The molecule has 4 heteroatoms. The Morgan fingerprint density at radius 1 is 0.406 bits per heavy atom. The van der Waals surface area contributed by atoms with Gasteiger partial charge in [-0.2, -0.15) is 0 Å². The van der Waals surface area contributed by atoms with Gasteiger partial charge < -0.3 is 14.7 Å². The Kier molecular flexibility index (Phi) is 10.0. The number of hydrogen-bond acceptors (Lipinski definition) is 3. The molecule has 4 aliphatic rings. The maximum Gasteiger partial charge on any atom is 0.252 e. The van der Waals surface area contributed by atoms with E-state index in [4.69, 9.17) is 0 Å². The van der Waals surface area contributed by atoms with Gasteiger partial charge in [0.15, 0.2) is 0 Å². The molecule has 1 fully saturated rings. The molecule has 1 saturated carbocycles. The maximum absolute atomic E-state index is 2.80. The van der Waals surface area contributed by atoms with Gasteiger partial charge in [0, 0.05) is 50.9 Å². The molecule has 0 saturated heterocycles. The zero-order chi connectivity index (χ0) is 47.5. The van der Waals surface area contributed by atoms with Crippen molar-refractivity contribution < 1.29 is 0 Å². The summed E-state index contributed by atoms with van der Waals surface area (Å²) in [6.45, 7) is 19.2. The van der Waals surface area contributed by atoms with Gasteiger partial charge in [-0.05, 0) is 141 Å². The largest absolute Gasteiger partial charge is 0.334 e. The minimum Gasteiger partial charge on any atom is -0.334 e. The fourth-order valence-corrected chi connectivity index (χ4v) is 12.8.